The van der Waals surface area contributed by atoms with Crippen molar-refractivity contribution in [2.24, 2.45) is 5.73 Å². The van der Waals surface area contributed by atoms with Gasteiger partial charge < -0.3 is 15.2 Å². The molecular formula is C15H14F3NO2. The molecule has 112 valence electrons. The van der Waals surface area contributed by atoms with E-state index in [9.17, 15) is 13.2 Å². The highest BCUT2D eigenvalue weighted by atomic mass is 19.4. The lowest BCUT2D eigenvalue weighted by molar-refractivity contribution is -0.274. The molecule has 0 saturated carbocycles. The fourth-order valence-corrected chi connectivity index (χ4v) is 1.88. The second-order valence-corrected chi connectivity index (χ2v) is 4.37. The third kappa shape index (κ3) is 4.13. The van der Waals surface area contributed by atoms with Gasteiger partial charge in [-0.25, -0.2) is 0 Å². The van der Waals surface area contributed by atoms with Crippen LogP contribution in [0.1, 0.15) is 17.2 Å². The van der Waals surface area contributed by atoms with Gasteiger partial charge in [0.1, 0.15) is 11.5 Å². The molecule has 3 nitrogen and oxygen atoms in total. The number of hydrogen-bond acceptors (Lipinski definition) is 3. The van der Waals surface area contributed by atoms with Crippen molar-refractivity contribution < 1.29 is 22.6 Å². The first-order valence-electron chi connectivity index (χ1n) is 6.14. The van der Waals surface area contributed by atoms with E-state index in [0.717, 1.165) is 5.56 Å². The standard InChI is InChI=1S/C15H14F3NO2/c1-20-12-6-2-10(3-7-12)14(19)11-4-8-13(9-5-11)21-15(16,17)18/h2-9,14H,19H2,1H3. The Bertz CT molecular complexity index is 579. The maximum Gasteiger partial charge on any atom is 0.573 e. The van der Waals surface area contributed by atoms with Crippen LogP contribution in [0, 0.1) is 0 Å². The molecule has 0 radical (unpaired) electrons. The predicted molar refractivity (Wildman–Crippen MR) is 72.1 cm³/mol. The highest BCUT2D eigenvalue weighted by molar-refractivity contribution is 5.37. The van der Waals surface area contributed by atoms with Crippen LogP contribution in [-0.2, 0) is 0 Å². The number of rotatable bonds is 4. The molecule has 2 aromatic rings. The Morgan fingerprint density at radius 2 is 1.29 bits per heavy atom. The van der Waals surface area contributed by atoms with E-state index in [1.807, 2.05) is 12.1 Å². The molecule has 0 spiro atoms. The zero-order valence-corrected chi connectivity index (χ0v) is 11.2. The first kappa shape index (κ1) is 15.2. The van der Waals surface area contributed by atoms with Gasteiger partial charge in [0.05, 0.1) is 13.2 Å². The number of nitrogens with two attached hydrogens (primary N) is 1. The number of benzene rings is 2. The van der Waals surface area contributed by atoms with Gasteiger partial charge in [0.2, 0.25) is 0 Å². The van der Waals surface area contributed by atoms with Gasteiger partial charge in [-0.1, -0.05) is 24.3 Å². The highest BCUT2D eigenvalue weighted by Crippen LogP contribution is 2.26. The van der Waals surface area contributed by atoms with Crippen LogP contribution in [0.5, 0.6) is 11.5 Å². The number of methoxy groups -OCH3 is 1. The van der Waals surface area contributed by atoms with E-state index in [1.54, 1.807) is 19.2 Å². The van der Waals surface area contributed by atoms with Crippen LogP contribution in [0.4, 0.5) is 13.2 Å². The molecule has 2 aromatic carbocycles. The second kappa shape index (κ2) is 6.05. The zero-order valence-electron chi connectivity index (χ0n) is 11.2. The van der Waals surface area contributed by atoms with Crippen molar-refractivity contribution in [1.29, 1.82) is 0 Å². The van der Waals surface area contributed by atoms with Crippen LogP contribution in [-0.4, -0.2) is 13.5 Å². The molecule has 0 aliphatic rings. The van der Waals surface area contributed by atoms with E-state index in [4.69, 9.17) is 10.5 Å². The Hall–Kier alpha value is -2.21. The van der Waals surface area contributed by atoms with Gasteiger partial charge in [0.25, 0.3) is 0 Å². The maximum absolute atomic E-state index is 12.1. The summed E-state index contributed by atoms with van der Waals surface area (Å²) in [4.78, 5) is 0. The number of alkyl halides is 3. The SMILES string of the molecule is COc1ccc(C(N)c2ccc(OC(F)(F)F)cc2)cc1. The summed E-state index contributed by atoms with van der Waals surface area (Å²) in [7, 11) is 1.56. The molecule has 0 amide bonds. The van der Waals surface area contributed by atoms with Crippen molar-refractivity contribution in [2.75, 3.05) is 7.11 Å². The average molecular weight is 297 g/mol. The molecule has 1 atom stereocenters. The van der Waals surface area contributed by atoms with E-state index in [2.05, 4.69) is 4.74 Å². The Labute approximate surface area is 120 Å². The molecule has 0 saturated heterocycles. The molecule has 0 aliphatic heterocycles. The molecule has 2 rings (SSSR count). The zero-order chi connectivity index (χ0) is 15.5. The van der Waals surface area contributed by atoms with Crippen molar-refractivity contribution in [3.8, 4) is 11.5 Å². The normalized spacial score (nSPS) is 12.8. The van der Waals surface area contributed by atoms with Crippen molar-refractivity contribution >= 4 is 0 Å². The van der Waals surface area contributed by atoms with Gasteiger partial charge in [-0.05, 0) is 35.4 Å². The minimum Gasteiger partial charge on any atom is -0.497 e. The third-order valence-corrected chi connectivity index (χ3v) is 2.95. The summed E-state index contributed by atoms with van der Waals surface area (Å²) in [6, 6.07) is 12.2. The summed E-state index contributed by atoms with van der Waals surface area (Å²) >= 11 is 0. The summed E-state index contributed by atoms with van der Waals surface area (Å²) in [5, 5.41) is 0. The van der Waals surface area contributed by atoms with E-state index in [1.165, 1.54) is 24.3 Å². The molecule has 0 fully saturated rings. The average Bonchev–Trinajstić information content (AvgIpc) is 2.46. The van der Waals surface area contributed by atoms with Crippen LogP contribution < -0.4 is 15.2 Å². The second-order valence-electron chi connectivity index (χ2n) is 4.37. The van der Waals surface area contributed by atoms with Crippen LogP contribution in [0.15, 0.2) is 48.5 Å². The van der Waals surface area contributed by atoms with E-state index < -0.39 is 12.4 Å². The summed E-state index contributed by atoms with van der Waals surface area (Å²) in [5.74, 6) is 0.438. The smallest absolute Gasteiger partial charge is 0.497 e. The monoisotopic (exact) mass is 297 g/mol. The van der Waals surface area contributed by atoms with Crippen molar-refractivity contribution in [3.05, 3.63) is 59.7 Å². The van der Waals surface area contributed by atoms with Gasteiger partial charge in [-0.3, -0.25) is 0 Å². The van der Waals surface area contributed by atoms with Crippen LogP contribution in [0.3, 0.4) is 0 Å². The molecule has 0 aliphatic carbocycles. The summed E-state index contributed by atoms with van der Waals surface area (Å²) in [6.45, 7) is 0. The molecule has 6 heteroatoms. The summed E-state index contributed by atoms with van der Waals surface area (Å²) in [5.41, 5.74) is 7.60. The number of ether oxygens (including phenoxy) is 2. The first-order valence-corrected chi connectivity index (χ1v) is 6.14. The summed E-state index contributed by atoms with van der Waals surface area (Å²) in [6.07, 6.45) is -4.69. The van der Waals surface area contributed by atoms with Crippen molar-refractivity contribution in [2.45, 2.75) is 12.4 Å². The molecule has 0 aromatic heterocycles. The number of halogens is 3. The van der Waals surface area contributed by atoms with Crippen LogP contribution in [0.25, 0.3) is 0 Å². The van der Waals surface area contributed by atoms with E-state index in [0.29, 0.717) is 11.3 Å². The van der Waals surface area contributed by atoms with Crippen LogP contribution in [0.2, 0.25) is 0 Å². The van der Waals surface area contributed by atoms with Crippen molar-refractivity contribution in [3.63, 3.8) is 0 Å². The van der Waals surface area contributed by atoms with Gasteiger partial charge in [-0.2, -0.15) is 0 Å². The Kier molecular flexibility index (Phi) is 4.37. The molecule has 0 bridgehead atoms. The molecular weight excluding hydrogens is 283 g/mol. The topological polar surface area (TPSA) is 44.5 Å². The fraction of sp³-hybridized carbons (Fsp3) is 0.200. The lowest BCUT2D eigenvalue weighted by Gasteiger charge is -2.14. The van der Waals surface area contributed by atoms with Gasteiger partial charge in [0, 0.05) is 0 Å². The first-order chi connectivity index (χ1) is 9.89. The predicted octanol–water partition coefficient (Wildman–Crippen LogP) is 3.64. The Morgan fingerprint density at radius 3 is 1.67 bits per heavy atom. The molecule has 21 heavy (non-hydrogen) atoms. The lowest BCUT2D eigenvalue weighted by atomic mass is 9.99. The van der Waals surface area contributed by atoms with Crippen LogP contribution >= 0.6 is 0 Å². The van der Waals surface area contributed by atoms with Gasteiger partial charge in [-0.15, -0.1) is 13.2 Å². The van der Waals surface area contributed by atoms with Gasteiger partial charge >= 0.3 is 6.36 Å². The minimum atomic E-state index is -4.69. The molecule has 1 unspecified atom stereocenters. The number of hydrogen-bond donors (Lipinski definition) is 1. The molecule has 0 heterocycles. The molecule has 2 N–H and O–H groups in total. The lowest BCUT2D eigenvalue weighted by Crippen LogP contribution is -2.17. The van der Waals surface area contributed by atoms with Crippen molar-refractivity contribution in [1.82, 2.24) is 0 Å². The van der Waals surface area contributed by atoms with E-state index in [-0.39, 0.29) is 5.75 Å². The maximum atomic E-state index is 12.1. The summed E-state index contributed by atoms with van der Waals surface area (Å²) < 4.78 is 45.1. The Morgan fingerprint density at radius 1 is 0.857 bits per heavy atom. The van der Waals surface area contributed by atoms with Gasteiger partial charge in [0.15, 0.2) is 0 Å². The quantitative estimate of drug-likeness (QED) is 0.937. The largest absolute Gasteiger partial charge is 0.573 e. The Balaban J connectivity index is 2.13. The minimum absolute atomic E-state index is 0.270. The highest BCUT2D eigenvalue weighted by Gasteiger charge is 2.31. The third-order valence-electron chi connectivity index (χ3n) is 2.95. The fourth-order valence-electron chi connectivity index (χ4n) is 1.88. The van der Waals surface area contributed by atoms with E-state index >= 15 is 0 Å².